The van der Waals surface area contributed by atoms with E-state index in [4.69, 9.17) is 5.73 Å². The van der Waals surface area contributed by atoms with E-state index in [0.717, 1.165) is 13.0 Å². The van der Waals surface area contributed by atoms with Crippen LogP contribution in [0.1, 0.15) is 23.8 Å². The van der Waals surface area contributed by atoms with E-state index in [-0.39, 0.29) is 11.5 Å². The Balaban J connectivity index is 2.12. The van der Waals surface area contributed by atoms with Gasteiger partial charge < -0.3 is 15.6 Å². The predicted molar refractivity (Wildman–Crippen MR) is 69.3 cm³/mol. The average Bonchev–Trinajstić information content (AvgIpc) is 2.38. The molecule has 0 spiro atoms. The Morgan fingerprint density at radius 1 is 1.56 bits per heavy atom. The molecule has 0 radical (unpaired) electrons. The van der Waals surface area contributed by atoms with Crippen molar-refractivity contribution in [2.75, 3.05) is 19.6 Å². The lowest BCUT2D eigenvalue weighted by atomic mass is 9.87. The van der Waals surface area contributed by atoms with Crippen molar-refractivity contribution >= 4 is 5.91 Å². The third kappa shape index (κ3) is 2.61. The number of nitrogens with two attached hydrogens (primary N) is 1. The second-order valence-electron chi connectivity index (χ2n) is 4.94. The lowest BCUT2D eigenvalue weighted by molar-refractivity contribution is 0.0612. The van der Waals surface area contributed by atoms with E-state index in [0.29, 0.717) is 30.6 Å². The molecule has 1 aromatic heterocycles. The van der Waals surface area contributed by atoms with Gasteiger partial charge in [0.05, 0.1) is 0 Å². The number of H-pyrrole nitrogens is 1. The van der Waals surface area contributed by atoms with Crippen molar-refractivity contribution in [2.24, 2.45) is 17.6 Å². The van der Waals surface area contributed by atoms with Gasteiger partial charge >= 0.3 is 0 Å². The highest BCUT2D eigenvalue weighted by atomic mass is 16.2. The van der Waals surface area contributed by atoms with Gasteiger partial charge in [-0.2, -0.15) is 0 Å². The second kappa shape index (κ2) is 5.35. The summed E-state index contributed by atoms with van der Waals surface area (Å²) in [5.74, 6) is 0.782. The van der Waals surface area contributed by atoms with Gasteiger partial charge in [-0.3, -0.25) is 9.59 Å². The lowest BCUT2D eigenvalue weighted by Gasteiger charge is -2.36. The van der Waals surface area contributed by atoms with Crippen LogP contribution in [0.4, 0.5) is 0 Å². The molecule has 2 rings (SSSR count). The summed E-state index contributed by atoms with van der Waals surface area (Å²) >= 11 is 0. The van der Waals surface area contributed by atoms with Crippen LogP contribution in [0, 0.1) is 11.8 Å². The van der Waals surface area contributed by atoms with Gasteiger partial charge in [0.15, 0.2) is 0 Å². The van der Waals surface area contributed by atoms with Crippen LogP contribution in [0.5, 0.6) is 0 Å². The van der Waals surface area contributed by atoms with E-state index in [9.17, 15) is 9.59 Å². The van der Waals surface area contributed by atoms with Crippen molar-refractivity contribution in [3.8, 4) is 0 Å². The SMILES string of the molecule is CC1CCN(C(=O)c2cccc(=O)[nH]2)CC1CN. The summed E-state index contributed by atoms with van der Waals surface area (Å²) in [7, 11) is 0. The minimum absolute atomic E-state index is 0.113. The van der Waals surface area contributed by atoms with Crippen molar-refractivity contribution in [1.29, 1.82) is 0 Å². The topological polar surface area (TPSA) is 79.2 Å². The number of hydrogen-bond acceptors (Lipinski definition) is 3. The normalized spacial score (nSPS) is 24.0. The molecule has 1 aliphatic rings. The molecule has 0 aromatic carbocycles. The fourth-order valence-electron chi connectivity index (χ4n) is 2.38. The molecule has 0 saturated carbocycles. The van der Waals surface area contributed by atoms with Gasteiger partial charge in [0, 0.05) is 19.2 Å². The van der Waals surface area contributed by atoms with Crippen LogP contribution in [0.3, 0.4) is 0 Å². The monoisotopic (exact) mass is 249 g/mol. The average molecular weight is 249 g/mol. The number of likely N-dealkylation sites (tertiary alicyclic amines) is 1. The maximum absolute atomic E-state index is 12.2. The van der Waals surface area contributed by atoms with Gasteiger partial charge in [0.2, 0.25) is 5.56 Å². The minimum atomic E-state index is -0.249. The quantitative estimate of drug-likeness (QED) is 0.797. The van der Waals surface area contributed by atoms with Gasteiger partial charge in [-0.1, -0.05) is 13.0 Å². The Morgan fingerprint density at radius 2 is 2.33 bits per heavy atom. The van der Waals surface area contributed by atoms with Crippen molar-refractivity contribution in [2.45, 2.75) is 13.3 Å². The number of rotatable bonds is 2. The number of piperidine rings is 1. The third-order valence-corrected chi connectivity index (χ3v) is 3.70. The zero-order chi connectivity index (χ0) is 13.1. The first kappa shape index (κ1) is 12.8. The summed E-state index contributed by atoms with van der Waals surface area (Å²) in [6, 6.07) is 4.63. The molecule has 1 aromatic rings. The number of aromatic amines is 1. The summed E-state index contributed by atoms with van der Waals surface area (Å²) < 4.78 is 0. The Morgan fingerprint density at radius 3 is 3.00 bits per heavy atom. The van der Waals surface area contributed by atoms with Crippen LogP contribution in [0.2, 0.25) is 0 Å². The fraction of sp³-hybridized carbons (Fsp3) is 0.538. The number of aromatic nitrogens is 1. The molecule has 5 heteroatoms. The zero-order valence-electron chi connectivity index (χ0n) is 10.6. The third-order valence-electron chi connectivity index (χ3n) is 3.70. The molecule has 0 bridgehead atoms. The molecule has 0 aliphatic carbocycles. The van der Waals surface area contributed by atoms with E-state index in [1.54, 1.807) is 17.0 Å². The molecule has 2 unspecified atom stereocenters. The molecule has 1 amide bonds. The first-order chi connectivity index (χ1) is 8.61. The number of carbonyl (C=O) groups excluding carboxylic acids is 1. The minimum Gasteiger partial charge on any atom is -0.337 e. The van der Waals surface area contributed by atoms with Crippen molar-refractivity contribution in [3.63, 3.8) is 0 Å². The lowest BCUT2D eigenvalue weighted by Crippen LogP contribution is -2.45. The van der Waals surface area contributed by atoms with E-state index in [1.165, 1.54) is 6.07 Å². The van der Waals surface area contributed by atoms with E-state index < -0.39 is 0 Å². The van der Waals surface area contributed by atoms with E-state index in [2.05, 4.69) is 11.9 Å². The molecule has 2 atom stereocenters. The number of nitrogens with one attached hydrogen (secondary N) is 1. The Kier molecular flexibility index (Phi) is 3.81. The predicted octanol–water partition coefficient (Wildman–Crippen LogP) is 0.432. The van der Waals surface area contributed by atoms with Gasteiger partial charge in [-0.25, -0.2) is 0 Å². The molecule has 98 valence electrons. The highest BCUT2D eigenvalue weighted by Crippen LogP contribution is 2.22. The molecule has 1 fully saturated rings. The second-order valence-corrected chi connectivity index (χ2v) is 4.94. The van der Waals surface area contributed by atoms with Crippen LogP contribution in [-0.2, 0) is 0 Å². The highest BCUT2D eigenvalue weighted by molar-refractivity contribution is 5.92. The first-order valence-electron chi connectivity index (χ1n) is 6.30. The molecule has 1 saturated heterocycles. The van der Waals surface area contributed by atoms with Crippen LogP contribution >= 0.6 is 0 Å². The molecular formula is C13H19N3O2. The first-order valence-corrected chi connectivity index (χ1v) is 6.30. The summed E-state index contributed by atoms with van der Waals surface area (Å²) in [4.78, 5) is 27.8. The number of amides is 1. The largest absolute Gasteiger partial charge is 0.337 e. The van der Waals surface area contributed by atoms with E-state index >= 15 is 0 Å². The van der Waals surface area contributed by atoms with Crippen LogP contribution < -0.4 is 11.3 Å². The van der Waals surface area contributed by atoms with Crippen LogP contribution in [0.25, 0.3) is 0 Å². The number of hydrogen-bond donors (Lipinski definition) is 2. The van der Waals surface area contributed by atoms with Crippen LogP contribution in [0.15, 0.2) is 23.0 Å². The highest BCUT2D eigenvalue weighted by Gasteiger charge is 2.28. The summed E-state index contributed by atoms with van der Waals surface area (Å²) in [5.41, 5.74) is 5.83. The molecular weight excluding hydrogens is 230 g/mol. The number of nitrogens with zero attached hydrogens (tertiary/aromatic N) is 1. The standard InChI is InChI=1S/C13H19N3O2/c1-9-5-6-16(8-10(9)7-14)13(18)11-3-2-4-12(17)15-11/h2-4,9-10H,5-8,14H2,1H3,(H,15,17). The Bertz CT molecular complexity index is 483. The molecule has 2 heterocycles. The van der Waals surface area contributed by atoms with Gasteiger partial charge in [-0.15, -0.1) is 0 Å². The molecule has 3 N–H and O–H groups in total. The van der Waals surface area contributed by atoms with Gasteiger partial charge in [0.25, 0.3) is 5.91 Å². The van der Waals surface area contributed by atoms with Gasteiger partial charge in [0.1, 0.15) is 5.69 Å². The smallest absolute Gasteiger partial charge is 0.270 e. The van der Waals surface area contributed by atoms with E-state index in [1.807, 2.05) is 0 Å². The van der Waals surface area contributed by atoms with Crippen molar-refractivity contribution < 1.29 is 4.79 Å². The summed E-state index contributed by atoms with van der Waals surface area (Å²) in [6.45, 7) is 4.17. The Labute approximate surface area is 106 Å². The maximum atomic E-state index is 12.2. The van der Waals surface area contributed by atoms with Crippen molar-refractivity contribution in [1.82, 2.24) is 9.88 Å². The summed E-state index contributed by atoms with van der Waals surface area (Å²) in [5, 5.41) is 0. The zero-order valence-corrected chi connectivity index (χ0v) is 10.6. The van der Waals surface area contributed by atoms with Crippen molar-refractivity contribution in [3.05, 3.63) is 34.2 Å². The summed E-state index contributed by atoms with van der Waals surface area (Å²) in [6.07, 6.45) is 0.963. The number of carbonyl (C=O) groups is 1. The molecule has 18 heavy (non-hydrogen) atoms. The van der Waals surface area contributed by atoms with Crippen LogP contribution in [-0.4, -0.2) is 35.4 Å². The Hall–Kier alpha value is -1.62. The fourth-order valence-corrected chi connectivity index (χ4v) is 2.38. The molecule has 5 nitrogen and oxygen atoms in total. The maximum Gasteiger partial charge on any atom is 0.270 e. The number of pyridine rings is 1. The molecule has 1 aliphatic heterocycles. The van der Waals surface area contributed by atoms with Gasteiger partial charge in [-0.05, 0) is 30.9 Å².